The van der Waals surface area contributed by atoms with Crippen LogP contribution in [0, 0.1) is 5.82 Å². The molecule has 0 aliphatic rings. The maximum absolute atomic E-state index is 13.5. The molecule has 1 rings (SSSR count). The highest BCUT2D eigenvalue weighted by Gasteiger charge is 2.15. The summed E-state index contributed by atoms with van der Waals surface area (Å²) in [6, 6.07) is 3.66. The Balaban J connectivity index is 2.82. The molecule has 1 atom stereocenters. The first-order chi connectivity index (χ1) is 8.12. The summed E-state index contributed by atoms with van der Waals surface area (Å²) in [5.74, 6) is -0.825. The maximum atomic E-state index is 13.5. The first kappa shape index (κ1) is 13.4. The van der Waals surface area contributed by atoms with E-state index >= 15 is 0 Å². The number of rotatable bonds is 5. The Morgan fingerprint density at radius 2 is 2.29 bits per heavy atom. The number of methoxy groups -OCH3 is 1. The number of halogens is 1. The molecule has 0 fully saturated rings. The molecular weight excluding hydrogens is 225 g/mol. The molecule has 0 saturated carbocycles. The van der Waals surface area contributed by atoms with Crippen molar-refractivity contribution in [2.24, 2.45) is 0 Å². The molecule has 5 heteroatoms. The molecule has 1 aromatic carbocycles. The number of hydrogen-bond acceptors (Lipinski definition) is 3. The monoisotopic (exact) mass is 241 g/mol. The van der Waals surface area contributed by atoms with Crippen LogP contribution in [-0.4, -0.2) is 30.8 Å². The lowest BCUT2D eigenvalue weighted by Gasteiger charge is -2.14. The van der Waals surface area contributed by atoms with Crippen LogP contribution in [0.3, 0.4) is 0 Å². The van der Waals surface area contributed by atoms with Crippen molar-refractivity contribution in [2.75, 3.05) is 13.7 Å². The van der Waals surface area contributed by atoms with Gasteiger partial charge in [0, 0.05) is 6.07 Å². The van der Waals surface area contributed by atoms with Crippen LogP contribution < -0.4 is 10.1 Å². The van der Waals surface area contributed by atoms with Crippen LogP contribution in [0.15, 0.2) is 18.2 Å². The normalized spacial score (nSPS) is 12.0. The number of aliphatic hydroxyl groups excluding tert-OH is 1. The SMILES string of the molecule is CC[C@@H](CO)NC(=O)c1ccc(OC)cc1F. The van der Waals surface area contributed by atoms with E-state index in [2.05, 4.69) is 5.32 Å². The number of ether oxygens (including phenoxy) is 1. The second-order valence-corrected chi connectivity index (χ2v) is 3.61. The second kappa shape index (κ2) is 6.20. The van der Waals surface area contributed by atoms with Crippen molar-refractivity contribution in [1.29, 1.82) is 0 Å². The molecule has 0 aliphatic heterocycles. The minimum atomic E-state index is -0.644. The quantitative estimate of drug-likeness (QED) is 0.817. The molecule has 1 amide bonds. The van der Waals surface area contributed by atoms with Gasteiger partial charge in [0.05, 0.1) is 25.3 Å². The van der Waals surface area contributed by atoms with Crippen molar-refractivity contribution in [1.82, 2.24) is 5.32 Å². The Morgan fingerprint density at radius 1 is 1.59 bits per heavy atom. The molecule has 0 aliphatic carbocycles. The summed E-state index contributed by atoms with van der Waals surface area (Å²) in [6.07, 6.45) is 0.583. The van der Waals surface area contributed by atoms with E-state index in [1.165, 1.54) is 19.2 Å². The average Bonchev–Trinajstić information content (AvgIpc) is 2.35. The van der Waals surface area contributed by atoms with Gasteiger partial charge in [-0.1, -0.05) is 6.92 Å². The Morgan fingerprint density at radius 3 is 2.76 bits per heavy atom. The van der Waals surface area contributed by atoms with E-state index in [4.69, 9.17) is 9.84 Å². The van der Waals surface area contributed by atoms with Gasteiger partial charge in [0.2, 0.25) is 0 Å². The Hall–Kier alpha value is -1.62. The fourth-order valence-corrected chi connectivity index (χ4v) is 1.35. The van der Waals surface area contributed by atoms with Gasteiger partial charge in [-0.3, -0.25) is 4.79 Å². The third-order valence-electron chi connectivity index (χ3n) is 2.47. The molecule has 2 N–H and O–H groups in total. The summed E-state index contributed by atoms with van der Waals surface area (Å²) in [5.41, 5.74) is -0.0577. The number of amides is 1. The fraction of sp³-hybridized carbons (Fsp3) is 0.417. The number of nitrogens with one attached hydrogen (secondary N) is 1. The molecule has 0 unspecified atom stereocenters. The second-order valence-electron chi connectivity index (χ2n) is 3.61. The van der Waals surface area contributed by atoms with Crippen molar-refractivity contribution in [3.63, 3.8) is 0 Å². The van der Waals surface area contributed by atoms with Crippen molar-refractivity contribution >= 4 is 5.91 Å². The highest BCUT2D eigenvalue weighted by atomic mass is 19.1. The lowest BCUT2D eigenvalue weighted by Crippen LogP contribution is -2.37. The fourth-order valence-electron chi connectivity index (χ4n) is 1.35. The van der Waals surface area contributed by atoms with Crippen molar-refractivity contribution in [3.05, 3.63) is 29.6 Å². The molecule has 17 heavy (non-hydrogen) atoms. The summed E-state index contributed by atoms with van der Waals surface area (Å²) in [6.45, 7) is 1.66. The van der Waals surface area contributed by atoms with E-state index in [-0.39, 0.29) is 18.2 Å². The van der Waals surface area contributed by atoms with Crippen LogP contribution >= 0.6 is 0 Å². The molecule has 94 valence electrons. The summed E-state index contributed by atoms with van der Waals surface area (Å²) in [7, 11) is 1.42. The largest absolute Gasteiger partial charge is 0.497 e. The molecule has 1 aromatic rings. The first-order valence-corrected chi connectivity index (χ1v) is 5.37. The van der Waals surface area contributed by atoms with Crippen molar-refractivity contribution in [3.8, 4) is 5.75 Å². The van der Waals surface area contributed by atoms with E-state index < -0.39 is 11.7 Å². The number of aliphatic hydroxyl groups is 1. The molecule has 0 aromatic heterocycles. The number of hydrogen-bond donors (Lipinski definition) is 2. The molecule has 0 bridgehead atoms. The standard InChI is InChI=1S/C12H16FNO3/c1-3-8(7-15)14-12(16)10-5-4-9(17-2)6-11(10)13/h4-6,8,15H,3,7H2,1-2H3,(H,14,16)/t8-/m0/s1. The molecule has 0 saturated heterocycles. The lowest BCUT2D eigenvalue weighted by molar-refractivity contribution is 0.0911. The van der Waals surface area contributed by atoms with Gasteiger partial charge >= 0.3 is 0 Å². The van der Waals surface area contributed by atoms with Gasteiger partial charge < -0.3 is 15.2 Å². The van der Waals surface area contributed by atoms with E-state index in [9.17, 15) is 9.18 Å². The van der Waals surface area contributed by atoms with Crippen LogP contribution in [0.5, 0.6) is 5.75 Å². The van der Waals surface area contributed by atoms with Crippen LogP contribution in [0.2, 0.25) is 0 Å². The third kappa shape index (κ3) is 3.42. The van der Waals surface area contributed by atoms with Crippen LogP contribution in [0.4, 0.5) is 4.39 Å². The minimum absolute atomic E-state index is 0.0577. The van der Waals surface area contributed by atoms with Crippen molar-refractivity contribution in [2.45, 2.75) is 19.4 Å². The number of benzene rings is 1. The molecule has 0 radical (unpaired) electrons. The van der Waals surface area contributed by atoms with E-state index in [1.807, 2.05) is 6.92 Å². The first-order valence-electron chi connectivity index (χ1n) is 5.37. The molecule has 4 nitrogen and oxygen atoms in total. The molecular formula is C12H16FNO3. The summed E-state index contributed by atoms with van der Waals surface area (Å²) in [5, 5.41) is 11.5. The zero-order chi connectivity index (χ0) is 12.8. The summed E-state index contributed by atoms with van der Waals surface area (Å²) < 4.78 is 18.4. The van der Waals surface area contributed by atoms with Crippen LogP contribution in [0.1, 0.15) is 23.7 Å². The topological polar surface area (TPSA) is 58.6 Å². The highest BCUT2D eigenvalue weighted by Crippen LogP contribution is 2.16. The Bertz CT molecular complexity index is 391. The van der Waals surface area contributed by atoms with Gasteiger partial charge in [0.1, 0.15) is 11.6 Å². The summed E-state index contributed by atoms with van der Waals surface area (Å²) in [4.78, 5) is 11.7. The van der Waals surface area contributed by atoms with Gasteiger partial charge in [-0.25, -0.2) is 4.39 Å². The maximum Gasteiger partial charge on any atom is 0.254 e. The van der Waals surface area contributed by atoms with Crippen LogP contribution in [-0.2, 0) is 0 Å². The highest BCUT2D eigenvalue weighted by molar-refractivity contribution is 5.94. The van der Waals surface area contributed by atoms with Gasteiger partial charge in [0.25, 0.3) is 5.91 Å². The van der Waals surface area contributed by atoms with E-state index in [1.54, 1.807) is 0 Å². The zero-order valence-electron chi connectivity index (χ0n) is 9.87. The van der Waals surface area contributed by atoms with Gasteiger partial charge in [-0.15, -0.1) is 0 Å². The smallest absolute Gasteiger partial charge is 0.254 e. The molecule has 0 spiro atoms. The predicted octanol–water partition coefficient (Wildman–Crippen LogP) is 1.34. The van der Waals surface area contributed by atoms with Crippen LogP contribution in [0.25, 0.3) is 0 Å². The van der Waals surface area contributed by atoms with E-state index in [0.29, 0.717) is 12.2 Å². The number of carbonyl (C=O) groups is 1. The average molecular weight is 241 g/mol. The predicted molar refractivity (Wildman–Crippen MR) is 61.6 cm³/mol. The minimum Gasteiger partial charge on any atom is -0.497 e. The third-order valence-corrected chi connectivity index (χ3v) is 2.47. The van der Waals surface area contributed by atoms with E-state index in [0.717, 1.165) is 6.07 Å². The Kier molecular flexibility index (Phi) is 4.90. The zero-order valence-corrected chi connectivity index (χ0v) is 9.87. The lowest BCUT2D eigenvalue weighted by atomic mass is 10.1. The van der Waals surface area contributed by atoms with Gasteiger partial charge in [-0.2, -0.15) is 0 Å². The summed E-state index contributed by atoms with van der Waals surface area (Å²) >= 11 is 0. The van der Waals surface area contributed by atoms with Gasteiger partial charge in [0.15, 0.2) is 0 Å². The van der Waals surface area contributed by atoms with Gasteiger partial charge in [-0.05, 0) is 18.6 Å². The Labute approximate surface area is 99.4 Å². The number of carbonyl (C=O) groups excluding carboxylic acids is 1. The molecule has 0 heterocycles. The van der Waals surface area contributed by atoms with Crippen molar-refractivity contribution < 1.29 is 19.0 Å².